The van der Waals surface area contributed by atoms with Gasteiger partial charge in [-0.25, -0.2) is 13.4 Å². The molecule has 1 saturated heterocycles. The Morgan fingerprint density at radius 3 is 2.79 bits per heavy atom. The normalized spacial score (nSPS) is 20.5. The van der Waals surface area contributed by atoms with Crippen molar-refractivity contribution in [3.05, 3.63) is 39.4 Å². The maximum absolute atomic E-state index is 12.2. The van der Waals surface area contributed by atoms with Gasteiger partial charge in [0.1, 0.15) is 5.82 Å². The van der Waals surface area contributed by atoms with Crippen LogP contribution in [-0.2, 0) is 16.6 Å². The van der Waals surface area contributed by atoms with Crippen LogP contribution in [0.1, 0.15) is 12.7 Å². The predicted molar refractivity (Wildman–Crippen MR) is 93.7 cm³/mol. The quantitative estimate of drug-likeness (QED) is 0.872. The number of halogens is 1. The number of H-pyrrole nitrogens is 1. The highest BCUT2D eigenvalue weighted by molar-refractivity contribution is 7.88. The number of aromatic amines is 1. The van der Waals surface area contributed by atoms with E-state index in [1.54, 1.807) is 18.2 Å². The molecule has 0 unspecified atom stereocenters. The number of sulfonamides is 1. The summed E-state index contributed by atoms with van der Waals surface area (Å²) in [7, 11) is -3.19. The standard InChI is InChI=1S/C15H19ClN4O3S/c1-10-8-19(5-6-20(10)24(2,22)23)9-14-17-13-4-3-11(16)7-12(13)15(21)18-14/h3-4,7,10H,5-6,8-9H2,1-2H3,(H,17,18,21)/t10-/m0/s1. The van der Waals surface area contributed by atoms with E-state index in [0.29, 0.717) is 47.9 Å². The van der Waals surface area contributed by atoms with Gasteiger partial charge in [0.2, 0.25) is 10.0 Å². The minimum Gasteiger partial charge on any atom is -0.309 e. The largest absolute Gasteiger partial charge is 0.309 e. The summed E-state index contributed by atoms with van der Waals surface area (Å²) in [4.78, 5) is 21.5. The Morgan fingerprint density at radius 2 is 2.12 bits per heavy atom. The number of nitrogens with zero attached hydrogens (tertiary/aromatic N) is 3. The second-order valence-electron chi connectivity index (χ2n) is 6.13. The number of aromatic nitrogens is 2. The predicted octanol–water partition coefficient (Wildman–Crippen LogP) is 1.04. The van der Waals surface area contributed by atoms with Crippen molar-refractivity contribution in [3.8, 4) is 0 Å². The van der Waals surface area contributed by atoms with Gasteiger partial charge >= 0.3 is 0 Å². The average molecular weight is 371 g/mol. The summed E-state index contributed by atoms with van der Waals surface area (Å²) in [6, 6.07) is 4.91. The van der Waals surface area contributed by atoms with Crippen molar-refractivity contribution in [3.63, 3.8) is 0 Å². The van der Waals surface area contributed by atoms with Gasteiger partial charge in [-0.2, -0.15) is 4.31 Å². The van der Waals surface area contributed by atoms with Crippen molar-refractivity contribution in [1.82, 2.24) is 19.2 Å². The van der Waals surface area contributed by atoms with E-state index in [-0.39, 0.29) is 11.6 Å². The molecule has 1 aliphatic rings. The number of nitrogens with one attached hydrogen (secondary N) is 1. The van der Waals surface area contributed by atoms with Crippen molar-refractivity contribution in [1.29, 1.82) is 0 Å². The third-order valence-electron chi connectivity index (χ3n) is 4.17. The minimum absolute atomic E-state index is 0.111. The van der Waals surface area contributed by atoms with E-state index in [9.17, 15) is 13.2 Å². The van der Waals surface area contributed by atoms with E-state index < -0.39 is 10.0 Å². The van der Waals surface area contributed by atoms with Crippen LogP contribution >= 0.6 is 11.6 Å². The van der Waals surface area contributed by atoms with Gasteiger partial charge < -0.3 is 4.98 Å². The molecule has 0 spiro atoms. The Kier molecular flexibility index (Phi) is 4.65. The van der Waals surface area contributed by atoms with Crippen molar-refractivity contribution in [2.75, 3.05) is 25.9 Å². The monoisotopic (exact) mass is 370 g/mol. The highest BCUT2D eigenvalue weighted by atomic mass is 35.5. The molecular weight excluding hydrogens is 352 g/mol. The van der Waals surface area contributed by atoms with E-state index in [0.717, 1.165) is 0 Å². The maximum Gasteiger partial charge on any atom is 0.258 e. The van der Waals surface area contributed by atoms with E-state index in [1.165, 1.54) is 10.6 Å². The molecule has 0 amide bonds. The molecule has 0 radical (unpaired) electrons. The van der Waals surface area contributed by atoms with Crippen molar-refractivity contribution in [2.24, 2.45) is 0 Å². The van der Waals surface area contributed by atoms with Gasteiger partial charge in [0.05, 0.1) is 23.7 Å². The number of fused-ring (bicyclic) bond motifs is 1. The fourth-order valence-corrected chi connectivity index (χ4v) is 4.40. The lowest BCUT2D eigenvalue weighted by atomic mass is 10.2. The van der Waals surface area contributed by atoms with E-state index in [4.69, 9.17) is 11.6 Å². The summed E-state index contributed by atoms with van der Waals surface area (Å²) in [5, 5.41) is 0.954. The van der Waals surface area contributed by atoms with Gasteiger partial charge in [-0.15, -0.1) is 0 Å². The number of hydrogen-bond acceptors (Lipinski definition) is 5. The number of hydrogen-bond donors (Lipinski definition) is 1. The summed E-state index contributed by atoms with van der Waals surface area (Å²) in [6.45, 7) is 3.98. The molecule has 1 aromatic carbocycles. The number of piperazine rings is 1. The smallest absolute Gasteiger partial charge is 0.258 e. The second kappa shape index (κ2) is 6.44. The molecule has 0 bridgehead atoms. The molecule has 0 aliphatic carbocycles. The molecule has 3 rings (SSSR count). The summed E-state index contributed by atoms with van der Waals surface area (Å²) >= 11 is 5.91. The first-order chi connectivity index (χ1) is 11.2. The zero-order valence-corrected chi connectivity index (χ0v) is 15.1. The number of benzene rings is 1. The van der Waals surface area contributed by atoms with Gasteiger partial charge in [0.15, 0.2) is 0 Å². The zero-order valence-electron chi connectivity index (χ0n) is 13.5. The molecule has 1 N–H and O–H groups in total. The molecule has 24 heavy (non-hydrogen) atoms. The molecule has 2 heterocycles. The van der Waals surface area contributed by atoms with Crippen molar-refractivity contribution < 1.29 is 8.42 Å². The molecular formula is C15H19ClN4O3S. The van der Waals surface area contributed by atoms with Crippen LogP contribution in [0, 0.1) is 0 Å². The fourth-order valence-electron chi connectivity index (χ4n) is 3.10. The first-order valence-electron chi connectivity index (χ1n) is 7.61. The summed E-state index contributed by atoms with van der Waals surface area (Å²) in [5.74, 6) is 0.565. The van der Waals surface area contributed by atoms with Gasteiger partial charge in [-0.1, -0.05) is 11.6 Å². The SMILES string of the molecule is C[C@H]1CN(Cc2nc3ccc(Cl)cc3c(=O)[nH]2)CCN1S(C)(=O)=O. The molecule has 1 fully saturated rings. The highest BCUT2D eigenvalue weighted by Gasteiger charge is 2.29. The molecule has 1 atom stereocenters. The van der Waals surface area contributed by atoms with E-state index in [2.05, 4.69) is 14.9 Å². The summed E-state index contributed by atoms with van der Waals surface area (Å²) in [6.07, 6.45) is 1.23. The van der Waals surface area contributed by atoms with Crippen LogP contribution in [0.15, 0.2) is 23.0 Å². The van der Waals surface area contributed by atoms with Gasteiger partial charge in [-0.3, -0.25) is 9.69 Å². The molecule has 1 aromatic heterocycles. The average Bonchev–Trinajstić information content (AvgIpc) is 2.47. The minimum atomic E-state index is -3.19. The zero-order chi connectivity index (χ0) is 17.5. The Hall–Kier alpha value is -1.48. The van der Waals surface area contributed by atoms with Crippen LogP contribution in [0.2, 0.25) is 5.02 Å². The van der Waals surface area contributed by atoms with Crippen LogP contribution < -0.4 is 5.56 Å². The molecule has 130 valence electrons. The fraction of sp³-hybridized carbons (Fsp3) is 0.467. The van der Waals surface area contributed by atoms with Crippen LogP contribution in [0.5, 0.6) is 0 Å². The van der Waals surface area contributed by atoms with Gasteiger partial charge in [0.25, 0.3) is 5.56 Å². The Labute approximate surface area is 145 Å². The molecule has 1 aliphatic heterocycles. The van der Waals surface area contributed by atoms with Gasteiger partial charge in [-0.05, 0) is 25.1 Å². The van der Waals surface area contributed by atoms with Crippen LogP contribution in [-0.4, -0.2) is 59.5 Å². The van der Waals surface area contributed by atoms with E-state index >= 15 is 0 Å². The Morgan fingerprint density at radius 1 is 1.38 bits per heavy atom. The summed E-state index contributed by atoms with van der Waals surface area (Å²) < 4.78 is 24.9. The Balaban J connectivity index is 1.79. The first kappa shape index (κ1) is 17.3. The lowest BCUT2D eigenvalue weighted by Gasteiger charge is -2.37. The highest BCUT2D eigenvalue weighted by Crippen LogP contribution is 2.17. The molecule has 0 saturated carbocycles. The third-order valence-corrected chi connectivity index (χ3v) is 5.80. The van der Waals surface area contributed by atoms with Crippen LogP contribution in [0.3, 0.4) is 0 Å². The molecule has 7 nitrogen and oxygen atoms in total. The lowest BCUT2D eigenvalue weighted by molar-refractivity contribution is 0.136. The number of rotatable bonds is 3. The first-order valence-corrected chi connectivity index (χ1v) is 9.84. The maximum atomic E-state index is 12.2. The lowest BCUT2D eigenvalue weighted by Crippen LogP contribution is -2.53. The van der Waals surface area contributed by atoms with Crippen molar-refractivity contribution >= 4 is 32.5 Å². The topological polar surface area (TPSA) is 86.4 Å². The molecule has 2 aromatic rings. The van der Waals surface area contributed by atoms with Crippen LogP contribution in [0.25, 0.3) is 10.9 Å². The van der Waals surface area contributed by atoms with Crippen molar-refractivity contribution in [2.45, 2.75) is 19.5 Å². The third kappa shape index (κ3) is 3.61. The van der Waals surface area contributed by atoms with E-state index in [1.807, 2.05) is 6.92 Å². The van der Waals surface area contributed by atoms with Gasteiger partial charge in [0, 0.05) is 30.7 Å². The molecule has 9 heteroatoms. The Bertz CT molecular complexity index is 928. The van der Waals surface area contributed by atoms with Crippen LogP contribution in [0.4, 0.5) is 0 Å². The summed E-state index contributed by atoms with van der Waals surface area (Å²) in [5.41, 5.74) is 0.376. The second-order valence-corrected chi connectivity index (χ2v) is 8.50.